The third kappa shape index (κ3) is 4.51. The fourth-order valence-electron chi connectivity index (χ4n) is 3.19. The van der Waals surface area contributed by atoms with E-state index < -0.39 is 5.92 Å². The lowest BCUT2D eigenvalue weighted by atomic mass is 10.1. The van der Waals surface area contributed by atoms with Crippen LogP contribution in [0.3, 0.4) is 0 Å². The second kappa shape index (κ2) is 8.65. The smallest absolute Gasteiger partial charge is 0.311 e. The third-order valence-corrected chi connectivity index (χ3v) is 4.75. The predicted octanol–water partition coefficient (Wildman–Crippen LogP) is 4.13. The number of hydrogen-bond donors (Lipinski definition) is 0. The van der Waals surface area contributed by atoms with Gasteiger partial charge in [-0.05, 0) is 36.1 Å². The van der Waals surface area contributed by atoms with Crippen LogP contribution in [0.25, 0.3) is 0 Å². The van der Waals surface area contributed by atoms with E-state index in [-0.39, 0.29) is 24.9 Å². The second-order valence-corrected chi connectivity index (χ2v) is 6.77. The van der Waals surface area contributed by atoms with Gasteiger partial charge in [0.25, 0.3) is 0 Å². The maximum Gasteiger partial charge on any atom is 0.311 e. The van der Waals surface area contributed by atoms with Gasteiger partial charge < -0.3 is 9.64 Å². The van der Waals surface area contributed by atoms with Gasteiger partial charge in [0.2, 0.25) is 5.91 Å². The van der Waals surface area contributed by atoms with Crippen molar-refractivity contribution in [1.29, 1.82) is 0 Å². The summed E-state index contributed by atoms with van der Waals surface area (Å²) in [4.78, 5) is 26.3. The molecule has 0 N–H and O–H groups in total. The molecule has 2 aromatic carbocycles. The Morgan fingerprint density at radius 1 is 1.08 bits per heavy atom. The summed E-state index contributed by atoms with van der Waals surface area (Å²) < 4.78 is 5.39. The highest BCUT2D eigenvalue weighted by atomic mass is 16.5. The number of unbranched alkanes of at least 4 members (excludes halogenated alkanes) is 1. The SMILES string of the molecule is CCCCc1ccc(N2C[C@@H](C(=O)OCc3ccccc3)CC2=O)cc1. The Morgan fingerprint density at radius 2 is 1.81 bits per heavy atom. The van der Waals surface area contributed by atoms with E-state index in [9.17, 15) is 9.59 Å². The Hall–Kier alpha value is -2.62. The number of ether oxygens (including phenoxy) is 1. The van der Waals surface area contributed by atoms with Crippen LogP contribution >= 0.6 is 0 Å². The summed E-state index contributed by atoms with van der Waals surface area (Å²) in [5, 5.41) is 0. The summed E-state index contributed by atoms with van der Waals surface area (Å²) in [6, 6.07) is 17.7. The lowest BCUT2D eigenvalue weighted by molar-refractivity contribution is -0.149. The van der Waals surface area contributed by atoms with Crippen LogP contribution in [0.5, 0.6) is 0 Å². The molecule has 0 aromatic heterocycles. The lowest BCUT2D eigenvalue weighted by Gasteiger charge is -2.17. The first kappa shape index (κ1) is 18.2. The Labute approximate surface area is 154 Å². The highest BCUT2D eigenvalue weighted by Crippen LogP contribution is 2.26. The molecule has 1 aliphatic heterocycles. The molecule has 2 aromatic rings. The Morgan fingerprint density at radius 3 is 2.50 bits per heavy atom. The summed E-state index contributed by atoms with van der Waals surface area (Å²) in [5.41, 5.74) is 3.08. The lowest BCUT2D eigenvalue weighted by Crippen LogP contribution is -2.26. The summed E-state index contributed by atoms with van der Waals surface area (Å²) in [6.07, 6.45) is 3.60. The molecule has 1 atom stereocenters. The molecule has 1 amide bonds. The van der Waals surface area contributed by atoms with Crippen LogP contribution in [0.15, 0.2) is 54.6 Å². The largest absolute Gasteiger partial charge is 0.461 e. The Bertz CT molecular complexity index is 740. The number of nitrogens with zero attached hydrogens (tertiary/aromatic N) is 1. The van der Waals surface area contributed by atoms with E-state index >= 15 is 0 Å². The molecule has 1 fully saturated rings. The van der Waals surface area contributed by atoms with Crippen molar-refractivity contribution in [3.05, 3.63) is 65.7 Å². The molecule has 0 radical (unpaired) electrons. The molecule has 26 heavy (non-hydrogen) atoms. The predicted molar refractivity (Wildman–Crippen MR) is 102 cm³/mol. The van der Waals surface area contributed by atoms with Crippen LogP contribution in [0.2, 0.25) is 0 Å². The number of esters is 1. The zero-order valence-electron chi connectivity index (χ0n) is 15.2. The fraction of sp³-hybridized carbons (Fsp3) is 0.364. The van der Waals surface area contributed by atoms with Crippen LogP contribution in [0, 0.1) is 5.92 Å². The minimum atomic E-state index is -0.397. The Kier molecular flexibility index (Phi) is 6.05. The maximum atomic E-state index is 12.3. The number of benzene rings is 2. The molecule has 4 heteroatoms. The normalized spacial score (nSPS) is 16.7. The van der Waals surface area contributed by atoms with Crippen LogP contribution in [0.1, 0.15) is 37.3 Å². The van der Waals surface area contributed by atoms with Gasteiger partial charge in [-0.3, -0.25) is 9.59 Å². The summed E-state index contributed by atoms with van der Waals surface area (Å²) in [6.45, 7) is 2.81. The first-order valence-electron chi connectivity index (χ1n) is 9.27. The van der Waals surface area contributed by atoms with Gasteiger partial charge in [-0.2, -0.15) is 0 Å². The highest BCUT2D eigenvalue weighted by molar-refractivity contribution is 5.99. The number of hydrogen-bond acceptors (Lipinski definition) is 3. The van der Waals surface area contributed by atoms with Gasteiger partial charge in [0, 0.05) is 18.7 Å². The molecule has 136 valence electrons. The van der Waals surface area contributed by atoms with Gasteiger partial charge in [-0.1, -0.05) is 55.8 Å². The molecule has 3 rings (SSSR count). The van der Waals surface area contributed by atoms with Crippen molar-refractivity contribution in [2.75, 3.05) is 11.4 Å². The average molecular weight is 351 g/mol. The van der Waals surface area contributed by atoms with E-state index in [0.29, 0.717) is 6.54 Å². The molecule has 0 unspecified atom stereocenters. The van der Waals surface area contributed by atoms with Crippen LogP contribution in [0.4, 0.5) is 5.69 Å². The molecule has 0 saturated carbocycles. The minimum absolute atomic E-state index is 0.0204. The number of carbonyl (C=O) groups excluding carboxylic acids is 2. The maximum absolute atomic E-state index is 12.3. The minimum Gasteiger partial charge on any atom is -0.461 e. The van der Waals surface area contributed by atoms with E-state index in [1.54, 1.807) is 4.90 Å². The molecule has 4 nitrogen and oxygen atoms in total. The van der Waals surface area contributed by atoms with Crippen LogP contribution in [-0.4, -0.2) is 18.4 Å². The van der Waals surface area contributed by atoms with Crippen molar-refractivity contribution < 1.29 is 14.3 Å². The average Bonchev–Trinajstić information content (AvgIpc) is 3.07. The monoisotopic (exact) mass is 351 g/mol. The molecule has 0 spiro atoms. The van der Waals surface area contributed by atoms with Crippen molar-refractivity contribution in [3.8, 4) is 0 Å². The highest BCUT2D eigenvalue weighted by Gasteiger charge is 2.36. The number of aryl methyl sites for hydroxylation is 1. The third-order valence-electron chi connectivity index (χ3n) is 4.75. The zero-order valence-corrected chi connectivity index (χ0v) is 15.2. The van der Waals surface area contributed by atoms with Crippen LogP contribution < -0.4 is 4.90 Å². The molecule has 1 heterocycles. The zero-order chi connectivity index (χ0) is 18.4. The van der Waals surface area contributed by atoms with Gasteiger partial charge in [0.1, 0.15) is 6.61 Å². The van der Waals surface area contributed by atoms with E-state index in [0.717, 1.165) is 24.1 Å². The van der Waals surface area contributed by atoms with Gasteiger partial charge in [0.05, 0.1) is 5.92 Å². The molecular weight excluding hydrogens is 326 g/mol. The van der Waals surface area contributed by atoms with E-state index in [4.69, 9.17) is 4.74 Å². The first-order valence-corrected chi connectivity index (χ1v) is 9.27. The Balaban J connectivity index is 1.56. The molecule has 1 saturated heterocycles. The number of rotatable bonds is 7. The van der Waals surface area contributed by atoms with Crippen molar-refractivity contribution >= 4 is 17.6 Å². The van der Waals surface area contributed by atoms with Crippen molar-refractivity contribution in [2.24, 2.45) is 5.92 Å². The van der Waals surface area contributed by atoms with E-state index in [1.807, 2.05) is 42.5 Å². The van der Waals surface area contributed by atoms with Crippen molar-refractivity contribution in [3.63, 3.8) is 0 Å². The van der Waals surface area contributed by atoms with Gasteiger partial charge in [-0.15, -0.1) is 0 Å². The van der Waals surface area contributed by atoms with Crippen LogP contribution in [-0.2, 0) is 27.4 Å². The number of anilines is 1. The quantitative estimate of drug-likeness (QED) is 0.705. The summed E-state index contributed by atoms with van der Waals surface area (Å²) in [7, 11) is 0. The topological polar surface area (TPSA) is 46.6 Å². The van der Waals surface area contributed by atoms with E-state index in [2.05, 4.69) is 19.1 Å². The number of carbonyl (C=O) groups is 2. The number of amides is 1. The standard InChI is InChI=1S/C22H25NO3/c1-2-3-7-17-10-12-20(13-11-17)23-15-19(14-21(23)24)22(25)26-16-18-8-5-4-6-9-18/h4-6,8-13,19H,2-3,7,14-16H2,1H3/t19-/m0/s1. The van der Waals surface area contributed by atoms with Gasteiger partial charge >= 0.3 is 5.97 Å². The summed E-state index contributed by atoms with van der Waals surface area (Å²) >= 11 is 0. The van der Waals surface area contributed by atoms with Gasteiger partial charge in [-0.25, -0.2) is 0 Å². The molecule has 1 aliphatic rings. The summed E-state index contributed by atoms with van der Waals surface area (Å²) in [5.74, 6) is -0.719. The molecule has 0 bridgehead atoms. The van der Waals surface area contributed by atoms with Crippen molar-refractivity contribution in [1.82, 2.24) is 0 Å². The fourth-order valence-corrected chi connectivity index (χ4v) is 3.19. The second-order valence-electron chi connectivity index (χ2n) is 6.77. The van der Waals surface area contributed by atoms with E-state index in [1.165, 1.54) is 12.0 Å². The van der Waals surface area contributed by atoms with Crippen molar-refractivity contribution in [2.45, 2.75) is 39.2 Å². The van der Waals surface area contributed by atoms with Gasteiger partial charge in [0.15, 0.2) is 0 Å². The first-order chi connectivity index (χ1) is 12.7. The molecule has 0 aliphatic carbocycles. The molecular formula is C22H25NO3.